The summed E-state index contributed by atoms with van der Waals surface area (Å²) in [4.78, 5) is 7.29. The third-order valence-corrected chi connectivity index (χ3v) is 6.04. The molecule has 1 aliphatic heterocycles. The molecular weight excluding hydrogens is 340 g/mol. The Morgan fingerprint density at radius 3 is 3.00 bits per heavy atom. The van der Waals surface area contributed by atoms with Gasteiger partial charge in [0.15, 0.2) is 0 Å². The summed E-state index contributed by atoms with van der Waals surface area (Å²) in [5.74, 6) is 1.89. The minimum Gasteiger partial charge on any atom is -0.469 e. The molecule has 7 heteroatoms. The Kier molecular flexibility index (Phi) is 3.62. The van der Waals surface area contributed by atoms with Crippen LogP contribution in [0.1, 0.15) is 13.3 Å². The van der Waals surface area contributed by atoms with Gasteiger partial charge in [0, 0.05) is 44.4 Å². The van der Waals surface area contributed by atoms with Crippen LogP contribution in [0.4, 0.5) is 0 Å². The fraction of sp³-hybridized carbons (Fsp3) is 0.450. The molecule has 3 aromatic heterocycles. The van der Waals surface area contributed by atoms with E-state index < -0.39 is 0 Å². The molecule has 0 spiro atoms. The zero-order valence-electron chi connectivity index (χ0n) is 15.7. The van der Waals surface area contributed by atoms with Gasteiger partial charge in [-0.1, -0.05) is 6.08 Å². The van der Waals surface area contributed by atoms with Crippen molar-refractivity contribution in [3.8, 4) is 17.1 Å². The van der Waals surface area contributed by atoms with Gasteiger partial charge in [-0.3, -0.25) is 9.58 Å². The van der Waals surface area contributed by atoms with Crippen LogP contribution in [0, 0.1) is 11.8 Å². The molecule has 4 heterocycles. The normalized spacial score (nSPS) is 27.5. The molecule has 3 aromatic rings. The second-order valence-electron chi connectivity index (χ2n) is 7.99. The summed E-state index contributed by atoms with van der Waals surface area (Å²) < 4.78 is 10.2. The van der Waals surface area contributed by atoms with E-state index in [1.165, 1.54) is 0 Å². The van der Waals surface area contributed by atoms with Gasteiger partial charge in [0.05, 0.1) is 24.3 Å². The molecule has 0 aromatic carbocycles. The predicted octanol–water partition coefficient (Wildman–Crippen LogP) is 2.41. The van der Waals surface area contributed by atoms with Gasteiger partial charge in [-0.15, -0.1) is 6.58 Å². The zero-order valence-corrected chi connectivity index (χ0v) is 15.7. The van der Waals surface area contributed by atoms with Crippen LogP contribution in [0.25, 0.3) is 16.8 Å². The van der Waals surface area contributed by atoms with Crippen LogP contribution in [-0.4, -0.2) is 54.5 Å². The van der Waals surface area contributed by atoms with E-state index >= 15 is 0 Å². The van der Waals surface area contributed by atoms with E-state index in [1.54, 1.807) is 10.9 Å². The molecular formula is C20H24N6O. The standard InChI is InChI=1S/C20H24N6O/c1-4-7-25-11-14-8-20(2,16(14)12-25)27-19-18-5-6-21-26(18)13-17(23-19)15-9-22-24(3)10-15/h4-6,9-10,13-14,16H,1,7-8,11-12H2,2-3H3/t14-,16+,20+/m1/s1. The Morgan fingerprint density at radius 2 is 2.22 bits per heavy atom. The maximum Gasteiger partial charge on any atom is 0.241 e. The minimum absolute atomic E-state index is 0.189. The Bertz CT molecular complexity index is 1010. The first-order valence-electron chi connectivity index (χ1n) is 9.41. The van der Waals surface area contributed by atoms with E-state index in [4.69, 9.17) is 9.72 Å². The molecule has 0 bridgehead atoms. The van der Waals surface area contributed by atoms with Gasteiger partial charge in [0.2, 0.25) is 5.88 Å². The van der Waals surface area contributed by atoms with E-state index in [0.29, 0.717) is 17.7 Å². The highest BCUT2D eigenvalue weighted by Gasteiger charge is 2.56. The van der Waals surface area contributed by atoms with E-state index in [9.17, 15) is 0 Å². The van der Waals surface area contributed by atoms with Crippen LogP contribution in [0.2, 0.25) is 0 Å². The average molecular weight is 364 g/mol. The third kappa shape index (κ3) is 2.65. The number of hydrogen-bond acceptors (Lipinski definition) is 5. The largest absolute Gasteiger partial charge is 0.469 e. The topological polar surface area (TPSA) is 60.5 Å². The van der Waals surface area contributed by atoms with Crippen LogP contribution in [-0.2, 0) is 7.05 Å². The van der Waals surface area contributed by atoms with Crippen molar-refractivity contribution in [2.45, 2.75) is 18.9 Å². The summed E-state index contributed by atoms with van der Waals surface area (Å²) in [6.07, 6.45) is 10.5. The summed E-state index contributed by atoms with van der Waals surface area (Å²) in [7, 11) is 1.90. The van der Waals surface area contributed by atoms with Gasteiger partial charge < -0.3 is 4.74 Å². The van der Waals surface area contributed by atoms with Crippen LogP contribution in [0.15, 0.2) is 43.5 Å². The maximum absolute atomic E-state index is 6.57. The SMILES string of the molecule is C=CCN1C[C@H]2C[C@](C)(Oc3nc(-c4cnn(C)c4)cn4nccc34)[C@H]2C1. The van der Waals surface area contributed by atoms with Crippen molar-refractivity contribution in [3.05, 3.63) is 43.5 Å². The predicted molar refractivity (Wildman–Crippen MR) is 102 cm³/mol. The molecule has 1 aliphatic carbocycles. The van der Waals surface area contributed by atoms with Gasteiger partial charge in [-0.2, -0.15) is 10.2 Å². The highest BCUT2D eigenvalue weighted by Crippen LogP contribution is 2.51. The molecule has 5 rings (SSSR count). The Morgan fingerprint density at radius 1 is 1.33 bits per heavy atom. The molecule has 0 N–H and O–H groups in total. The van der Waals surface area contributed by atoms with Gasteiger partial charge in [-0.25, -0.2) is 9.50 Å². The van der Waals surface area contributed by atoms with Gasteiger partial charge in [0.1, 0.15) is 11.1 Å². The first-order valence-corrected chi connectivity index (χ1v) is 9.41. The molecule has 1 saturated carbocycles. The summed E-state index contributed by atoms with van der Waals surface area (Å²) in [6, 6.07) is 1.95. The Labute approximate surface area is 158 Å². The smallest absolute Gasteiger partial charge is 0.241 e. The summed E-state index contributed by atoms with van der Waals surface area (Å²) in [5.41, 5.74) is 2.47. The molecule has 3 atom stereocenters. The lowest BCUT2D eigenvalue weighted by molar-refractivity contribution is -0.0810. The quantitative estimate of drug-likeness (QED) is 0.651. The van der Waals surface area contributed by atoms with Crippen molar-refractivity contribution < 1.29 is 4.74 Å². The number of rotatable bonds is 5. The number of hydrogen-bond donors (Lipinski definition) is 0. The highest BCUT2D eigenvalue weighted by atomic mass is 16.5. The Balaban J connectivity index is 1.47. The first kappa shape index (κ1) is 16.5. The summed E-state index contributed by atoms with van der Waals surface area (Å²) in [6.45, 7) is 9.24. The van der Waals surface area contributed by atoms with E-state index in [2.05, 4.69) is 28.6 Å². The fourth-order valence-electron chi connectivity index (χ4n) is 4.71. The van der Waals surface area contributed by atoms with Crippen LogP contribution < -0.4 is 4.74 Å². The molecule has 0 radical (unpaired) electrons. The lowest BCUT2D eigenvalue weighted by Crippen LogP contribution is -2.55. The molecule has 0 amide bonds. The number of aromatic nitrogens is 5. The van der Waals surface area contributed by atoms with Crippen molar-refractivity contribution >= 4 is 5.52 Å². The van der Waals surface area contributed by atoms with E-state index in [-0.39, 0.29) is 5.60 Å². The van der Waals surface area contributed by atoms with Crippen LogP contribution in [0.5, 0.6) is 5.88 Å². The lowest BCUT2D eigenvalue weighted by Gasteiger charge is -2.48. The van der Waals surface area contributed by atoms with Crippen molar-refractivity contribution in [2.24, 2.45) is 18.9 Å². The van der Waals surface area contributed by atoms with Crippen molar-refractivity contribution in [3.63, 3.8) is 0 Å². The molecule has 140 valence electrons. The van der Waals surface area contributed by atoms with Gasteiger partial charge in [-0.05, 0) is 25.3 Å². The van der Waals surface area contributed by atoms with Gasteiger partial charge in [0.25, 0.3) is 0 Å². The van der Waals surface area contributed by atoms with Crippen LogP contribution in [0.3, 0.4) is 0 Å². The lowest BCUT2D eigenvalue weighted by atomic mass is 9.64. The summed E-state index contributed by atoms with van der Waals surface area (Å²) >= 11 is 0. The van der Waals surface area contributed by atoms with Crippen LogP contribution >= 0.6 is 0 Å². The average Bonchev–Trinajstić information content (AvgIpc) is 3.34. The number of ether oxygens (including phenoxy) is 1. The molecule has 1 saturated heterocycles. The van der Waals surface area contributed by atoms with Crippen molar-refractivity contribution in [1.29, 1.82) is 0 Å². The minimum atomic E-state index is -0.189. The molecule has 2 aliphatic rings. The monoisotopic (exact) mass is 364 g/mol. The summed E-state index contributed by atoms with van der Waals surface area (Å²) in [5, 5.41) is 8.65. The van der Waals surface area contributed by atoms with E-state index in [0.717, 1.165) is 42.8 Å². The maximum atomic E-state index is 6.57. The van der Waals surface area contributed by atoms with Crippen molar-refractivity contribution in [2.75, 3.05) is 19.6 Å². The highest BCUT2D eigenvalue weighted by molar-refractivity contribution is 5.63. The second kappa shape index (κ2) is 5.92. The first-order chi connectivity index (χ1) is 13.1. The number of likely N-dealkylation sites (tertiary alicyclic amines) is 1. The fourth-order valence-corrected chi connectivity index (χ4v) is 4.71. The number of nitrogens with zero attached hydrogens (tertiary/aromatic N) is 6. The molecule has 27 heavy (non-hydrogen) atoms. The number of fused-ring (bicyclic) bond motifs is 2. The van der Waals surface area contributed by atoms with E-state index in [1.807, 2.05) is 42.3 Å². The third-order valence-electron chi connectivity index (χ3n) is 6.04. The zero-order chi connectivity index (χ0) is 18.6. The Hall–Kier alpha value is -2.67. The van der Waals surface area contributed by atoms with Crippen molar-refractivity contribution in [1.82, 2.24) is 29.3 Å². The van der Waals surface area contributed by atoms with Gasteiger partial charge >= 0.3 is 0 Å². The number of aryl methyl sites for hydroxylation is 1. The molecule has 7 nitrogen and oxygen atoms in total. The second-order valence-corrected chi connectivity index (χ2v) is 7.99. The molecule has 0 unspecified atom stereocenters. The molecule has 2 fully saturated rings.